The van der Waals surface area contributed by atoms with Crippen LogP contribution < -0.4 is 0 Å². The molecule has 2 saturated heterocycles. The molecule has 2 aliphatic heterocycles. The zero-order valence-corrected chi connectivity index (χ0v) is 8.50. The molecule has 0 aliphatic carbocycles. The minimum absolute atomic E-state index is 0.0364. The van der Waals surface area contributed by atoms with Crippen molar-refractivity contribution in [2.45, 2.75) is 44.7 Å². The molecule has 0 aromatic rings. The first-order valence-electron chi connectivity index (χ1n) is 4.83. The van der Waals surface area contributed by atoms with Gasteiger partial charge in [0.25, 0.3) is 0 Å². The van der Waals surface area contributed by atoms with Crippen LogP contribution >= 0.6 is 0 Å². The third-order valence-corrected chi connectivity index (χ3v) is 3.53. The fraction of sp³-hybridized carbons (Fsp3) is 0.900. The lowest BCUT2D eigenvalue weighted by Gasteiger charge is -2.34. The minimum Gasteiger partial charge on any atom is -0.296 e. The van der Waals surface area contributed by atoms with Crippen molar-refractivity contribution in [2.24, 2.45) is 5.92 Å². The summed E-state index contributed by atoms with van der Waals surface area (Å²) in [6.45, 7) is 7.06. The minimum atomic E-state index is -0.0434. The number of nitriles is 1. The van der Waals surface area contributed by atoms with Gasteiger partial charge in [-0.05, 0) is 33.6 Å². The molecule has 2 rings (SSSR count). The Morgan fingerprint density at radius 2 is 2.08 bits per heavy atom. The lowest BCUT2D eigenvalue weighted by atomic mass is 9.87. The number of fused-ring (bicyclic) bond motifs is 1. The van der Waals surface area contributed by atoms with Gasteiger partial charge >= 0.3 is 0 Å². The van der Waals surface area contributed by atoms with Crippen LogP contribution in [0.4, 0.5) is 0 Å². The van der Waals surface area contributed by atoms with Crippen LogP contribution in [-0.4, -0.2) is 22.7 Å². The van der Waals surface area contributed by atoms with E-state index in [0.29, 0.717) is 6.61 Å². The summed E-state index contributed by atoms with van der Waals surface area (Å²) in [4.78, 5) is 5.61. The summed E-state index contributed by atoms with van der Waals surface area (Å²) in [5.41, 5.74) is 0.0542. The van der Waals surface area contributed by atoms with Crippen molar-refractivity contribution >= 4 is 0 Å². The van der Waals surface area contributed by atoms with Gasteiger partial charge in [-0.15, -0.1) is 0 Å². The molecular weight excluding hydrogens is 164 g/mol. The summed E-state index contributed by atoms with van der Waals surface area (Å²) >= 11 is 0. The van der Waals surface area contributed by atoms with E-state index in [1.54, 1.807) is 0 Å². The number of hydroxylamine groups is 2. The highest BCUT2D eigenvalue weighted by molar-refractivity contribution is 5.11. The molecule has 0 saturated carbocycles. The Bertz CT molecular complexity index is 269. The standard InChI is InChI=1S/C10H16N2O/c1-9(2)4-5-10(3)8(6-11)7-13-12(9)10/h8H,4-5,7H2,1-3H3/t8?,10-/m1/s1. The Morgan fingerprint density at radius 1 is 1.38 bits per heavy atom. The number of nitrogens with zero attached hydrogens (tertiary/aromatic N) is 2. The van der Waals surface area contributed by atoms with Gasteiger partial charge in [-0.3, -0.25) is 4.84 Å². The first-order valence-corrected chi connectivity index (χ1v) is 4.83. The Kier molecular flexibility index (Phi) is 1.70. The maximum Gasteiger partial charge on any atom is 0.0921 e. The Hall–Kier alpha value is -0.590. The van der Waals surface area contributed by atoms with Gasteiger partial charge in [0.2, 0.25) is 0 Å². The Morgan fingerprint density at radius 3 is 2.69 bits per heavy atom. The van der Waals surface area contributed by atoms with Gasteiger partial charge in [0.05, 0.1) is 24.1 Å². The van der Waals surface area contributed by atoms with Crippen LogP contribution in [-0.2, 0) is 4.84 Å². The van der Waals surface area contributed by atoms with Crippen LogP contribution in [0, 0.1) is 17.2 Å². The fourth-order valence-corrected chi connectivity index (χ4v) is 2.60. The second kappa shape index (κ2) is 2.46. The van der Waals surface area contributed by atoms with Gasteiger partial charge < -0.3 is 0 Å². The molecule has 1 unspecified atom stereocenters. The van der Waals surface area contributed by atoms with Crippen molar-refractivity contribution in [3.63, 3.8) is 0 Å². The summed E-state index contributed by atoms with van der Waals surface area (Å²) in [5, 5.41) is 11.0. The Labute approximate surface area is 79.2 Å². The average Bonchev–Trinajstić information content (AvgIpc) is 2.49. The number of rotatable bonds is 0. The topological polar surface area (TPSA) is 36.3 Å². The van der Waals surface area contributed by atoms with E-state index in [4.69, 9.17) is 10.1 Å². The highest BCUT2D eigenvalue weighted by Gasteiger charge is 2.57. The van der Waals surface area contributed by atoms with E-state index in [2.05, 4.69) is 26.8 Å². The van der Waals surface area contributed by atoms with E-state index in [1.807, 2.05) is 5.06 Å². The van der Waals surface area contributed by atoms with Crippen molar-refractivity contribution < 1.29 is 4.84 Å². The number of hydrogen-bond donors (Lipinski definition) is 0. The quantitative estimate of drug-likeness (QED) is 0.569. The molecule has 0 spiro atoms. The molecular formula is C10H16N2O. The molecule has 3 heteroatoms. The molecule has 3 nitrogen and oxygen atoms in total. The van der Waals surface area contributed by atoms with Gasteiger partial charge in [0, 0.05) is 5.54 Å². The highest BCUT2D eigenvalue weighted by atomic mass is 16.7. The van der Waals surface area contributed by atoms with Crippen molar-refractivity contribution in [3.05, 3.63) is 0 Å². The summed E-state index contributed by atoms with van der Waals surface area (Å²) in [5.74, 6) is 0.0364. The van der Waals surface area contributed by atoms with Crippen molar-refractivity contribution in [1.29, 1.82) is 5.26 Å². The molecule has 2 fully saturated rings. The van der Waals surface area contributed by atoms with Gasteiger partial charge in [-0.2, -0.15) is 10.3 Å². The van der Waals surface area contributed by atoms with Crippen molar-refractivity contribution in [2.75, 3.05) is 6.61 Å². The first kappa shape index (κ1) is 8.98. The molecule has 2 heterocycles. The van der Waals surface area contributed by atoms with E-state index < -0.39 is 0 Å². The van der Waals surface area contributed by atoms with Crippen molar-refractivity contribution in [3.8, 4) is 6.07 Å². The number of hydrogen-bond acceptors (Lipinski definition) is 3. The summed E-state index contributed by atoms with van der Waals surface area (Å²) in [6.07, 6.45) is 2.18. The molecule has 0 aromatic heterocycles. The predicted molar refractivity (Wildman–Crippen MR) is 48.6 cm³/mol. The maximum atomic E-state index is 8.99. The van der Waals surface area contributed by atoms with Gasteiger partial charge in [-0.1, -0.05) is 0 Å². The van der Waals surface area contributed by atoms with E-state index in [9.17, 15) is 0 Å². The zero-order valence-electron chi connectivity index (χ0n) is 8.50. The lowest BCUT2D eigenvalue weighted by molar-refractivity contribution is -0.192. The van der Waals surface area contributed by atoms with Crippen LogP contribution in [0.2, 0.25) is 0 Å². The van der Waals surface area contributed by atoms with Crippen molar-refractivity contribution in [1.82, 2.24) is 5.06 Å². The largest absolute Gasteiger partial charge is 0.296 e. The first-order chi connectivity index (χ1) is 6.00. The van der Waals surface area contributed by atoms with Gasteiger partial charge in [0.15, 0.2) is 0 Å². The summed E-state index contributed by atoms with van der Waals surface area (Å²) in [7, 11) is 0. The molecule has 0 aromatic carbocycles. The third-order valence-electron chi connectivity index (χ3n) is 3.53. The van der Waals surface area contributed by atoms with E-state index >= 15 is 0 Å². The smallest absolute Gasteiger partial charge is 0.0921 e. The van der Waals surface area contributed by atoms with Gasteiger partial charge in [-0.25, -0.2) is 0 Å². The second-order valence-corrected chi connectivity index (χ2v) is 4.94. The monoisotopic (exact) mass is 180 g/mol. The molecule has 0 N–H and O–H groups in total. The summed E-state index contributed by atoms with van der Waals surface area (Å²) < 4.78 is 0. The molecule has 2 atom stereocenters. The predicted octanol–water partition coefficient (Wildman–Crippen LogP) is 1.70. The van der Waals surface area contributed by atoms with Crippen LogP contribution in [0.15, 0.2) is 0 Å². The van der Waals surface area contributed by atoms with Crippen LogP contribution in [0.1, 0.15) is 33.6 Å². The van der Waals surface area contributed by atoms with Crippen LogP contribution in [0.25, 0.3) is 0 Å². The molecule has 2 aliphatic rings. The lowest BCUT2D eigenvalue weighted by Crippen LogP contribution is -2.46. The van der Waals surface area contributed by atoms with Gasteiger partial charge in [0.1, 0.15) is 0 Å². The normalized spacial score (nSPS) is 43.1. The molecule has 0 radical (unpaired) electrons. The molecule has 13 heavy (non-hydrogen) atoms. The van der Waals surface area contributed by atoms with E-state index in [1.165, 1.54) is 0 Å². The second-order valence-electron chi connectivity index (χ2n) is 4.94. The SMILES string of the molecule is CC1(C)CC[C@]2(C)C(C#N)CON12. The molecule has 72 valence electrons. The summed E-state index contributed by atoms with van der Waals surface area (Å²) in [6, 6.07) is 2.35. The van der Waals surface area contributed by atoms with E-state index in [-0.39, 0.29) is 17.0 Å². The maximum absolute atomic E-state index is 8.99. The highest BCUT2D eigenvalue weighted by Crippen LogP contribution is 2.48. The van der Waals surface area contributed by atoms with E-state index in [0.717, 1.165) is 12.8 Å². The average molecular weight is 180 g/mol. The zero-order chi connectivity index (χ0) is 9.69. The fourth-order valence-electron chi connectivity index (χ4n) is 2.60. The molecule has 0 bridgehead atoms. The third kappa shape index (κ3) is 1.02. The molecule has 0 amide bonds. The Balaban J connectivity index is 2.32. The van der Waals surface area contributed by atoms with Crippen LogP contribution in [0.3, 0.4) is 0 Å². The van der Waals surface area contributed by atoms with Crippen LogP contribution in [0.5, 0.6) is 0 Å².